The van der Waals surface area contributed by atoms with Crippen LogP contribution in [0.3, 0.4) is 0 Å². The lowest BCUT2D eigenvalue weighted by atomic mass is 10.2. The van der Waals surface area contributed by atoms with Gasteiger partial charge in [0.1, 0.15) is 0 Å². The molecule has 0 amide bonds. The molecule has 64 valence electrons. The van der Waals surface area contributed by atoms with Crippen LogP contribution in [-0.2, 0) is 0 Å². The van der Waals surface area contributed by atoms with Crippen molar-refractivity contribution in [2.45, 2.75) is 0 Å². The Balaban J connectivity index is 2.67. The fourth-order valence-corrected chi connectivity index (χ4v) is 1.32. The molecule has 0 atom stereocenters. The quantitative estimate of drug-likeness (QED) is 0.664. The molecule has 12 heavy (non-hydrogen) atoms. The first-order chi connectivity index (χ1) is 5.70. The van der Waals surface area contributed by atoms with Gasteiger partial charge in [0.25, 0.3) is 0 Å². The largest absolute Gasteiger partial charge is 0.503 e. The minimum absolute atomic E-state index is 0.0116. The summed E-state index contributed by atoms with van der Waals surface area (Å²) >= 11 is 3.12. The van der Waals surface area contributed by atoms with E-state index in [1.165, 1.54) is 0 Å². The molecule has 5 heteroatoms. The summed E-state index contributed by atoms with van der Waals surface area (Å²) in [5.41, 5.74) is 5.98. The SMILES string of the molecule is Nc1cc2c(c(O)c1Br)OCO2. The summed E-state index contributed by atoms with van der Waals surface area (Å²) in [6, 6.07) is 1.60. The molecule has 1 aromatic rings. The summed E-state index contributed by atoms with van der Waals surface area (Å²) in [6.45, 7) is 0.124. The lowest BCUT2D eigenvalue weighted by molar-refractivity contribution is 0.171. The van der Waals surface area contributed by atoms with Crippen molar-refractivity contribution in [3.63, 3.8) is 0 Å². The van der Waals surface area contributed by atoms with Crippen molar-refractivity contribution in [1.29, 1.82) is 0 Å². The van der Waals surface area contributed by atoms with Crippen LogP contribution in [0.2, 0.25) is 0 Å². The van der Waals surface area contributed by atoms with E-state index in [0.717, 1.165) is 0 Å². The lowest BCUT2D eigenvalue weighted by Crippen LogP contribution is -1.93. The highest BCUT2D eigenvalue weighted by molar-refractivity contribution is 9.10. The number of aromatic hydroxyl groups is 1. The van der Waals surface area contributed by atoms with Crippen molar-refractivity contribution in [3.8, 4) is 17.2 Å². The van der Waals surface area contributed by atoms with Crippen molar-refractivity contribution < 1.29 is 14.6 Å². The van der Waals surface area contributed by atoms with E-state index in [2.05, 4.69) is 15.9 Å². The van der Waals surface area contributed by atoms with Crippen LogP contribution < -0.4 is 15.2 Å². The molecule has 0 spiro atoms. The van der Waals surface area contributed by atoms with E-state index in [9.17, 15) is 5.11 Å². The van der Waals surface area contributed by atoms with Crippen molar-refractivity contribution in [1.82, 2.24) is 0 Å². The summed E-state index contributed by atoms with van der Waals surface area (Å²) in [5.74, 6) is 0.812. The van der Waals surface area contributed by atoms with Crippen LogP contribution >= 0.6 is 15.9 Å². The van der Waals surface area contributed by atoms with Gasteiger partial charge in [-0.3, -0.25) is 0 Å². The summed E-state index contributed by atoms with van der Waals surface area (Å²) < 4.78 is 10.5. The predicted molar refractivity (Wildman–Crippen MR) is 46.3 cm³/mol. The van der Waals surface area contributed by atoms with Crippen LogP contribution in [0, 0.1) is 0 Å². The number of fused-ring (bicyclic) bond motifs is 1. The second-order valence-corrected chi connectivity index (χ2v) is 3.16. The third kappa shape index (κ3) is 0.896. The van der Waals surface area contributed by atoms with E-state index in [1.807, 2.05) is 0 Å². The van der Waals surface area contributed by atoms with Gasteiger partial charge in [-0.25, -0.2) is 0 Å². The lowest BCUT2D eigenvalue weighted by Gasteiger charge is -2.04. The van der Waals surface area contributed by atoms with E-state index in [-0.39, 0.29) is 12.5 Å². The standard InChI is InChI=1S/C7H6BrNO3/c8-5-3(9)1-4-7(6(5)10)12-2-11-4/h1,10H,2,9H2. The summed E-state index contributed by atoms with van der Waals surface area (Å²) in [4.78, 5) is 0. The highest BCUT2D eigenvalue weighted by atomic mass is 79.9. The third-order valence-electron chi connectivity index (χ3n) is 1.60. The van der Waals surface area contributed by atoms with Crippen LogP contribution in [0.15, 0.2) is 10.5 Å². The van der Waals surface area contributed by atoms with Gasteiger partial charge < -0.3 is 20.3 Å². The molecule has 4 nitrogen and oxygen atoms in total. The normalized spacial score (nSPS) is 13.4. The number of benzene rings is 1. The molecule has 3 N–H and O–H groups in total. The molecule has 0 unspecified atom stereocenters. The molecule has 0 aromatic heterocycles. The van der Waals surface area contributed by atoms with Gasteiger partial charge in [-0.05, 0) is 15.9 Å². The van der Waals surface area contributed by atoms with Crippen molar-refractivity contribution >= 4 is 21.6 Å². The van der Waals surface area contributed by atoms with Gasteiger partial charge >= 0.3 is 0 Å². The molecule has 1 aromatic carbocycles. The number of rotatable bonds is 0. The van der Waals surface area contributed by atoms with Gasteiger partial charge in [-0.1, -0.05) is 0 Å². The number of ether oxygens (including phenoxy) is 2. The maximum Gasteiger partial charge on any atom is 0.231 e. The first-order valence-electron chi connectivity index (χ1n) is 3.26. The van der Waals surface area contributed by atoms with E-state index >= 15 is 0 Å². The number of nitrogens with two attached hydrogens (primary N) is 1. The van der Waals surface area contributed by atoms with Crippen LogP contribution in [0.4, 0.5) is 5.69 Å². The first-order valence-corrected chi connectivity index (χ1v) is 4.06. The third-order valence-corrected chi connectivity index (χ3v) is 2.44. The van der Waals surface area contributed by atoms with Gasteiger partial charge in [0, 0.05) is 6.07 Å². The highest BCUT2D eigenvalue weighted by Crippen LogP contribution is 2.47. The van der Waals surface area contributed by atoms with Crippen molar-refractivity contribution in [2.24, 2.45) is 0 Å². The van der Waals surface area contributed by atoms with Gasteiger partial charge in [0.05, 0.1) is 10.2 Å². The second kappa shape index (κ2) is 2.45. The molecule has 1 aliphatic rings. The van der Waals surface area contributed by atoms with Crippen molar-refractivity contribution in [2.75, 3.05) is 12.5 Å². The van der Waals surface area contributed by atoms with Crippen LogP contribution in [0.25, 0.3) is 0 Å². The Labute approximate surface area is 77.0 Å². The Morgan fingerprint density at radius 3 is 3.00 bits per heavy atom. The first kappa shape index (κ1) is 7.54. The molecule has 0 fully saturated rings. The van der Waals surface area contributed by atoms with Gasteiger partial charge in [0.2, 0.25) is 12.5 Å². The number of anilines is 1. The second-order valence-electron chi connectivity index (χ2n) is 2.36. The Hall–Kier alpha value is -1.10. The molecule has 0 radical (unpaired) electrons. The molecule has 0 bridgehead atoms. The van der Waals surface area contributed by atoms with Crippen molar-refractivity contribution in [3.05, 3.63) is 10.5 Å². The van der Waals surface area contributed by atoms with E-state index in [4.69, 9.17) is 15.2 Å². The molecule has 0 saturated carbocycles. The van der Waals surface area contributed by atoms with Gasteiger partial charge in [-0.2, -0.15) is 0 Å². The average molecular weight is 232 g/mol. The Morgan fingerprint density at radius 2 is 2.25 bits per heavy atom. The predicted octanol–water partition coefficient (Wildman–Crippen LogP) is 1.47. The van der Waals surface area contributed by atoms with Crippen LogP contribution in [0.1, 0.15) is 0 Å². The Morgan fingerprint density at radius 1 is 1.50 bits per heavy atom. The summed E-state index contributed by atoms with van der Waals surface area (Å²) in [5, 5.41) is 9.47. The average Bonchev–Trinajstić information content (AvgIpc) is 2.48. The number of hydrogen-bond acceptors (Lipinski definition) is 4. The Bertz CT molecular complexity index is 340. The maximum absolute atomic E-state index is 9.47. The maximum atomic E-state index is 9.47. The van der Waals surface area contributed by atoms with Crippen LogP contribution in [-0.4, -0.2) is 11.9 Å². The molecule has 2 rings (SSSR count). The smallest absolute Gasteiger partial charge is 0.231 e. The monoisotopic (exact) mass is 231 g/mol. The number of phenolic OH excluding ortho intramolecular Hbond substituents is 1. The fraction of sp³-hybridized carbons (Fsp3) is 0.143. The zero-order valence-electron chi connectivity index (χ0n) is 6.00. The summed E-state index contributed by atoms with van der Waals surface area (Å²) in [6.07, 6.45) is 0. The van der Waals surface area contributed by atoms with E-state index in [0.29, 0.717) is 21.7 Å². The Kier molecular flexibility index (Phi) is 1.54. The molecule has 0 aliphatic carbocycles. The minimum Gasteiger partial charge on any atom is -0.503 e. The van der Waals surface area contributed by atoms with E-state index < -0.39 is 0 Å². The highest BCUT2D eigenvalue weighted by Gasteiger charge is 2.21. The number of phenols is 1. The van der Waals surface area contributed by atoms with E-state index in [1.54, 1.807) is 6.07 Å². The molecule has 0 saturated heterocycles. The topological polar surface area (TPSA) is 64.7 Å². The number of hydrogen-bond donors (Lipinski definition) is 2. The zero-order chi connectivity index (χ0) is 8.72. The number of halogens is 1. The minimum atomic E-state index is -0.0116. The fourth-order valence-electron chi connectivity index (χ4n) is 1.02. The molecular weight excluding hydrogens is 226 g/mol. The zero-order valence-corrected chi connectivity index (χ0v) is 7.59. The molecular formula is C7H6BrNO3. The molecule has 1 heterocycles. The molecule has 1 aliphatic heterocycles. The van der Waals surface area contributed by atoms with Crippen LogP contribution in [0.5, 0.6) is 17.2 Å². The summed E-state index contributed by atoms with van der Waals surface area (Å²) in [7, 11) is 0. The van der Waals surface area contributed by atoms with Gasteiger partial charge in [0.15, 0.2) is 11.5 Å². The number of nitrogen functional groups attached to an aromatic ring is 1. The van der Waals surface area contributed by atoms with Gasteiger partial charge in [-0.15, -0.1) is 0 Å².